The van der Waals surface area contributed by atoms with Crippen LogP contribution in [0.3, 0.4) is 0 Å². The summed E-state index contributed by atoms with van der Waals surface area (Å²) in [6.07, 6.45) is 0. The molecule has 1 aliphatic rings. The average molecular weight is 216 g/mol. The Morgan fingerprint density at radius 3 is 2.27 bits per heavy atom. The summed E-state index contributed by atoms with van der Waals surface area (Å²) >= 11 is 0. The summed E-state index contributed by atoms with van der Waals surface area (Å²) in [5.41, 5.74) is 0.199. The quantitative estimate of drug-likeness (QED) is 0.685. The van der Waals surface area contributed by atoms with Crippen LogP contribution in [0.4, 0.5) is 18.0 Å². The van der Waals surface area contributed by atoms with Crippen molar-refractivity contribution in [3.63, 3.8) is 0 Å². The van der Waals surface area contributed by atoms with E-state index in [4.69, 9.17) is 0 Å². The normalized spacial score (nSPS) is 19.9. The molecule has 3 nitrogen and oxygen atoms in total. The molecule has 0 aromatic heterocycles. The lowest BCUT2D eigenvalue weighted by molar-refractivity contribution is 0.247. The highest BCUT2D eigenvalue weighted by Crippen LogP contribution is 2.20. The van der Waals surface area contributed by atoms with Crippen molar-refractivity contribution in [3.05, 3.63) is 35.1 Å². The van der Waals surface area contributed by atoms with E-state index in [9.17, 15) is 18.0 Å². The van der Waals surface area contributed by atoms with E-state index < -0.39 is 29.5 Å². The zero-order chi connectivity index (χ0) is 11.0. The van der Waals surface area contributed by atoms with Crippen LogP contribution in [0, 0.1) is 17.5 Å². The van der Waals surface area contributed by atoms with Gasteiger partial charge in [0, 0.05) is 6.54 Å². The maximum absolute atomic E-state index is 12.8. The topological polar surface area (TPSA) is 41.1 Å². The third kappa shape index (κ3) is 1.74. The Bertz CT molecular complexity index is 399. The van der Waals surface area contributed by atoms with Crippen LogP contribution >= 0.6 is 0 Å². The van der Waals surface area contributed by atoms with E-state index in [0.717, 1.165) is 12.1 Å². The number of urea groups is 1. The van der Waals surface area contributed by atoms with Gasteiger partial charge in [0.1, 0.15) is 0 Å². The molecule has 1 fully saturated rings. The highest BCUT2D eigenvalue weighted by Gasteiger charge is 2.23. The molecule has 0 spiro atoms. The molecule has 0 radical (unpaired) electrons. The van der Waals surface area contributed by atoms with Crippen molar-refractivity contribution in [2.24, 2.45) is 0 Å². The Hall–Kier alpha value is -1.72. The Labute approximate surface area is 83.3 Å². The van der Waals surface area contributed by atoms with Crippen LogP contribution in [0.1, 0.15) is 11.6 Å². The molecular weight excluding hydrogens is 209 g/mol. The van der Waals surface area contributed by atoms with E-state index in [1.54, 1.807) is 0 Å². The maximum atomic E-state index is 12.8. The van der Waals surface area contributed by atoms with Gasteiger partial charge < -0.3 is 10.6 Å². The number of nitrogens with one attached hydrogen (secondary N) is 2. The third-order valence-corrected chi connectivity index (χ3v) is 2.18. The standard InChI is InChI=1S/C9H7F3N2O/c10-5-1-4(2-6(11)8(5)12)7-3-13-9(15)14-7/h1-2,7H,3H2,(H2,13,14,15)/t7-/m0/s1. The molecule has 1 aromatic rings. The molecule has 0 saturated carbocycles. The molecule has 1 saturated heterocycles. The summed E-state index contributed by atoms with van der Waals surface area (Å²) in [4.78, 5) is 10.8. The monoisotopic (exact) mass is 216 g/mol. The van der Waals surface area contributed by atoms with Gasteiger partial charge in [-0.05, 0) is 17.7 Å². The van der Waals surface area contributed by atoms with E-state index in [2.05, 4.69) is 10.6 Å². The predicted molar refractivity (Wildman–Crippen MR) is 45.6 cm³/mol. The molecule has 2 amide bonds. The summed E-state index contributed by atoms with van der Waals surface area (Å²) < 4.78 is 38.3. The number of rotatable bonds is 1. The molecule has 0 bridgehead atoms. The fourth-order valence-electron chi connectivity index (χ4n) is 1.43. The van der Waals surface area contributed by atoms with Gasteiger partial charge in [-0.1, -0.05) is 0 Å². The molecule has 0 aliphatic carbocycles. The van der Waals surface area contributed by atoms with Crippen molar-refractivity contribution < 1.29 is 18.0 Å². The lowest BCUT2D eigenvalue weighted by Crippen LogP contribution is -2.21. The lowest BCUT2D eigenvalue weighted by Gasteiger charge is -2.09. The molecule has 2 N–H and O–H groups in total. The molecule has 1 heterocycles. The van der Waals surface area contributed by atoms with Gasteiger partial charge in [-0.25, -0.2) is 18.0 Å². The summed E-state index contributed by atoms with van der Waals surface area (Å²) in [7, 11) is 0. The van der Waals surface area contributed by atoms with Gasteiger partial charge >= 0.3 is 6.03 Å². The van der Waals surface area contributed by atoms with Gasteiger partial charge in [-0.15, -0.1) is 0 Å². The molecule has 0 unspecified atom stereocenters. The van der Waals surface area contributed by atoms with E-state index in [1.165, 1.54) is 0 Å². The van der Waals surface area contributed by atoms with Gasteiger partial charge in [0.25, 0.3) is 0 Å². The van der Waals surface area contributed by atoms with Gasteiger partial charge in [-0.3, -0.25) is 0 Å². The van der Waals surface area contributed by atoms with Crippen molar-refractivity contribution in [3.8, 4) is 0 Å². The molecule has 15 heavy (non-hydrogen) atoms. The Balaban J connectivity index is 2.33. The van der Waals surface area contributed by atoms with Crippen molar-refractivity contribution in [2.45, 2.75) is 6.04 Å². The SMILES string of the molecule is O=C1NC[C@@H](c2cc(F)c(F)c(F)c2)N1. The number of carbonyl (C=O) groups is 1. The van der Waals surface area contributed by atoms with E-state index in [0.29, 0.717) is 0 Å². The van der Waals surface area contributed by atoms with Crippen LogP contribution in [0.25, 0.3) is 0 Å². The first kappa shape index (κ1) is 9.82. The first-order valence-electron chi connectivity index (χ1n) is 4.26. The highest BCUT2D eigenvalue weighted by atomic mass is 19.2. The smallest absolute Gasteiger partial charge is 0.315 e. The largest absolute Gasteiger partial charge is 0.336 e. The van der Waals surface area contributed by atoms with Crippen molar-refractivity contribution in [1.82, 2.24) is 10.6 Å². The van der Waals surface area contributed by atoms with Crippen LogP contribution in [0.2, 0.25) is 0 Å². The third-order valence-electron chi connectivity index (χ3n) is 2.18. The molecule has 1 atom stereocenters. The van der Waals surface area contributed by atoms with Crippen molar-refractivity contribution >= 4 is 6.03 Å². The minimum Gasteiger partial charge on any atom is -0.336 e. The first-order chi connectivity index (χ1) is 7.08. The number of carbonyl (C=O) groups excluding carboxylic acids is 1. The molecule has 6 heteroatoms. The van der Waals surface area contributed by atoms with E-state index in [1.807, 2.05) is 0 Å². The number of halogens is 3. The predicted octanol–water partition coefficient (Wildman–Crippen LogP) is 1.46. The van der Waals surface area contributed by atoms with Crippen molar-refractivity contribution in [2.75, 3.05) is 6.54 Å². The van der Waals surface area contributed by atoms with Crippen LogP contribution < -0.4 is 10.6 Å². The highest BCUT2D eigenvalue weighted by molar-refractivity contribution is 5.76. The van der Waals surface area contributed by atoms with Crippen LogP contribution in [-0.4, -0.2) is 12.6 Å². The summed E-state index contributed by atoms with van der Waals surface area (Å²) in [5.74, 6) is -4.02. The molecule has 1 aliphatic heterocycles. The van der Waals surface area contributed by atoms with Gasteiger partial charge in [-0.2, -0.15) is 0 Å². The lowest BCUT2D eigenvalue weighted by atomic mass is 10.1. The number of amides is 2. The summed E-state index contributed by atoms with van der Waals surface area (Å²) in [6, 6.07) is 0.805. The van der Waals surface area contributed by atoms with Crippen LogP contribution in [-0.2, 0) is 0 Å². The molecule has 2 rings (SSSR count). The summed E-state index contributed by atoms with van der Waals surface area (Å²) in [5, 5.41) is 4.87. The van der Waals surface area contributed by atoms with Gasteiger partial charge in [0.15, 0.2) is 17.5 Å². The molecule has 1 aromatic carbocycles. The zero-order valence-electron chi connectivity index (χ0n) is 7.48. The van der Waals surface area contributed by atoms with Crippen molar-refractivity contribution in [1.29, 1.82) is 0 Å². The average Bonchev–Trinajstić information content (AvgIpc) is 2.60. The number of hydrogen-bond acceptors (Lipinski definition) is 1. The van der Waals surface area contributed by atoms with Crippen LogP contribution in [0.5, 0.6) is 0 Å². The second-order valence-electron chi connectivity index (χ2n) is 3.21. The number of hydrogen-bond donors (Lipinski definition) is 2. The second-order valence-corrected chi connectivity index (χ2v) is 3.21. The number of benzene rings is 1. The molecule has 80 valence electrons. The fraction of sp³-hybridized carbons (Fsp3) is 0.222. The Morgan fingerprint density at radius 1 is 1.20 bits per heavy atom. The van der Waals surface area contributed by atoms with Gasteiger partial charge in [0.05, 0.1) is 6.04 Å². The Morgan fingerprint density at radius 2 is 1.80 bits per heavy atom. The van der Waals surface area contributed by atoms with Gasteiger partial charge in [0.2, 0.25) is 0 Å². The second kappa shape index (κ2) is 3.45. The van der Waals surface area contributed by atoms with E-state index in [-0.39, 0.29) is 12.1 Å². The summed E-state index contributed by atoms with van der Waals surface area (Å²) in [6.45, 7) is 0.226. The van der Waals surface area contributed by atoms with E-state index >= 15 is 0 Å². The maximum Gasteiger partial charge on any atom is 0.315 e. The van der Waals surface area contributed by atoms with Crippen LogP contribution in [0.15, 0.2) is 12.1 Å². The fourth-order valence-corrected chi connectivity index (χ4v) is 1.43. The molecular formula is C9H7F3N2O. The Kier molecular flexibility index (Phi) is 2.26. The first-order valence-corrected chi connectivity index (χ1v) is 4.26. The minimum absolute atomic E-state index is 0.199. The zero-order valence-corrected chi connectivity index (χ0v) is 7.48. The minimum atomic E-state index is -1.50.